The predicted molar refractivity (Wildman–Crippen MR) is 111 cm³/mol. The number of pyridine rings is 1. The Morgan fingerprint density at radius 1 is 1.30 bits per heavy atom. The highest BCUT2D eigenvalue weighted by molar-refractivity contribution is 7.19. The molecule has 27 heavy (non-hydrogen) atoms. The first kappa shape index (κ1) is 18.7. The Labute approximate surface area is 167 Å². The molecule has 0 amide bonds. The molecule has 1 saturated heterocycles. The zero-order valence-electron chi connectivity index (χ0n) is 15.1. The molecule has 3 aromatic rings. The summed E-state index contributed by atoms with van der Waals surface area (Å²) in [7, 11) is 0. The number of nitrogens with one attached hydrogen (secondary N) is 2. The van der Waals surface area contributed by atoms with Crippen LogP contribution in [-0.2, 0) is 6.61 Å². The summed E-state index contributed by atoms with van der Waals surface area (Å²) in [5, 5.41) is 17.0. The highest BCUT2D eigenvalue weighted by Gasteiger charge is 2.18. The molecule has 1 fully saturated rings. The van der Waals surface area contributed by atoms with E-state index in [1.54, 1.807) is 17.5 Å². The van der Waals surface area contributed by atoms with Crippen molar-refractivity contribution in [2.75, 3.05) is 26.2 Å². The first-order valence-electron chi connectivity index (χ1n) is 9.01. The van der Waals surface area contributed by atoms with E-state index in [0.717, 1.165) is 57.2 Å². The molecule has 3 N–H and O–H groups in total. The van der Waals surface area contributed by atoms with Crippen molar-refractivity contribution in [1.29, 1.82) is 0 Å². The van der Waals surface area contributed by atoms with Gasteiger partial charge in [-0.15, -0.1) is 11.3 Å². The Morgan fingerprint density at radius 2 is 2.19 bits per heavy atom. The lowest BCUT2D eigenvalue weighted by molar-refractivity contribution is 0.246. The van der Waals surface area contributed by atoms with Gasteiger partial charge in [-0.3, -0.25) is 4.98 Å². The molecular formula is C20H22ClN3O2S. The highest BCUT2D eigenvalue weighted by Crippen LogP contribution is 2.41. The second kappa shape index (κ2) is 8.12. The predicted octanol–water partition coefficient (Wildman–Crippen LogP) is 3.36. The minimum atomic E-state index is 0.0126. The fourth-order valence-corrected chi connectivity index (χ4v) is 4.69. The second-order valence-corrected chi connectivity index (χ2v) is 8.28. The van der Waals surface area contributed by atoms with Crippen LogP contribution in [0, 0.1) is 6.92 Å². The summed E-state index contributed by atoms with van der Waals surface area (Å²) in [5.74, 6) is 0.846. The summed E-state index contributed by atoms with van der Waals surface area (Å²) in [6.07, 6.45) is 1.79. The summed E-state index contributed by atoms with van der Waals surface area (Å²) in [4.78, 5) is 5.33. The monoisotopic (exact) mass is 403 g/mol. The number of aliphatic hydroxyl groups excluding tert-OH is 1. The molecule has 142 valence electrons. The van der Waals surface area contributed by atoms with Gasteiger partial charge in [0, 0.05) is 46.9 Å². The maximum absolute atomic E-state index is 9.50. The molecule has 1 unspecified atom stereocenters. The number of halogens is 1. The van der Waals surface area contributed by atoms with Crippen LogP contribution < -0.4 is 15.4 Å². The number of rotatable bonds is 5. The van der Waals surface area contributed by atoms with E-state index < -0.39 is 0 Å². The Morgan fingerprint density at radius 3 is 2.96 bits per heavy atom. The van der Waals surface area contributed by atoms with Crippen molar-refractivity contribution >= 4 is 33.2 Å². The van der Waals surface area contributed by atoms with Crippen LogP contribution in [0.5, 0.6) is 5.75 Å². The van der Waals surface area contributed by atoms with Gasteiger partial charge in [0.25, 0.3) is 0 Å². The molecule has 0 saturated carbocycles. The molecule has 1 aliphatic heterocycles. The van der Waals surface area contributed by atoms with Gasteiger partial charge in [-0.1, -0.05) is 11.6 Å². The maximum atomic E-state index is 9.50. The van der Waals surface area contributed by atoms with E-state index in [0.29, 0.717) is 11.6 Å². The van der Waals surface area contributed by atoms with Crippen molar-refractivity contribution in [3.8, 4) is 16.9 Å². The summed E-state index contributed by atoms with van der Waals surface area (Å²) < 4.78 is 7.31. The topological polar surface area (TPSA) is 66.4 Å². The summed E-state index contributed by atoms with van der Waals surface area (Å²) in [6, 6.07) is 8.07. The van der Waals surface area contributed by atoms with Crippen molar-refractivity contribution < 1.29 is 9.84 Å². The molecular weight excluding hydrogens is 382 g/mol. The highest BCUT2D eigenvalue weighted by atomic mass is 35.5. The number of hydrogen-bond acceptors (Lipinski definition) is 6. The van der Waals surface area contributed by atoms with Gasteiger partial charge in [-0.05, 0) is 36.8 Å². The smallest absolute Gasteiger partial charge is 0.130 e. The van der Waals surface area contributed by atoms with Crippen molar-refractivity contribution in [2.24, 2.45) is 0 Å². The number of piperazine rings is 1. The number of aromatic nitrogens is 1. The van der Waals surface area contributed by atoms with Crippen molar-refractivity contribution in [3.63, 3.8) is 0 Å². The van der Waals surface area contributed by atoms with Crippen LogP contribution in [0.1, 0.15) is 10.4 Å². The first-order chi connectivity index (χ1) is 13.2. The third-order valence-electron chi connectivity index (χ3n) is 4.70. The molecule has 4 rings (SSSR count). The van der Waals surface area contributed by atoms with Gasteiger partial charge >= 0.3 is 0 Å². The van der Waals surface area contributed by atoms with Crippen LogP contribution in [-0.4, -0.2) is 42.4 Å². The van der Waals surface area contributed by atoms with Crippen molar-refractivity contribution in [1.82, 2.24) is 15.6 Å². The molecule has 0 aliphatic carbocycles. The van der Waals surface area contributed by atoms with Gasteiger partial charge in [-0.25, -0.2) is 0 Å². The average Bonchev–Trinajstić information content (AvgIpc) is 3.11. The molecule has 7 heteroatoms. The lowest BCUT2D eigenvalue weighted by atomic mass is 10.0. The SMILES string of the molecule is Cc1cc(Cl)cc(-c2ccnc3cc(CO)sc23)c1OCC1CNCCN1. The largest absolute Gasteiger partial charge is 0.491 e. The van der Waals surface area contributed by atoms with Crippen LogP contribution >= 0.6 is 22.9 Å². The molecule has 1 atom stereocenters. The van der Waals surface area contributed by atoms with E-state index in [-0.39, 0.29) is 12.6 Å². The van der Waals surface area contributed by atoms with E-state index >= 15 is 0 Å². The standard InChI is InChI=1S/C20H22ClN3O2S/c1-12-6-13(21)7-17(19(12)26-11-14-9-22-4-5-23-14)16-2-3-24-18-8-15(10-25)27-20(16)18/h2-3,6-8,14,22-23,25H,4-5,9-11H2,1H3. The number of fused-ring (bicyclic) bond motifs is 1. The van der Waals surface area contributed by atoms with Crippen LogP contribution in [0.25, 0.3) is 21.3 Å². The van der Waals surface area contributed by atoms with E-state index in [9.17, 15) is 5.11 Å². The molecule has 1 aromatic carbocycles. The third kappa shape index (κ3) is 3.95. The number of aliphatic hydroxyl groups is 1. The molecule has 1 aliphatic rings. The van der Waals surface area contributed by atoms with Gasteiger partial charge in [-0.2, -0.15) is 0 Å². The quantitative estimate of drug-likeness (QED) is 0.609. The minimum Gasteiger partial charge on any atom is -0.491 e. The van der Waals surface area contributed by atoms with Crippen LogP contribution in [0.15, 0.2) is 30.5 Å². The van der Waals surface area contributed by atoms with Crippen LogP contribution in [0.2, 0.25) is 5.02 Å². The Balaban J connectivity index is 1.74. The van der Waals surface area contributed by atoms with Gasteiger partial charge in [0.15, 0.2) is 0 Å². The Kier molecular flexibility index (Phi) is 5.61. The summed E-state index contributed by atoms with van der Waals surface area (Å²) in [6.45, 7) is 5.45. The Bertz CT molecular complexity index is 954. The van der Waals surface area contributed by atoms with Gasteiger partial charge < -0.3 is 20.5 Å². The zero-order valence-corrected chi connectivity index (χ0v) is 16.7. The average molecular weight is 404 g/mol. The number of ether oxygens (including phenoxy) is 1. The fraction of sp³-hybridized carbons (Fsp3) is 0.350. The lowest BCUT2D eigenvalue weighted by Crippen LogP contribution is -2.51. The number of thiophene rings is 1. The minimum absolute atomic E-state index is 0.0126. The molecule has 3 heterocycles. The van der Waals surface area contributed by atoms with E-state index in [4.69, 9.17) is 16.3 Å². The maximum Gasteiger partial charge on any atom is 0.130 e. The third-order valence-corrected chi connectivity index (χ3v) is 6.06. The van der Waals surface area contributed by atoms with Crippen molar-refractivity contribution in [2.45, 2.75) is 19.6 Å². The van der Waals surface area contributed by atoms with Gasteiger partial charge in [0.2, 0.25) is 0 Å². The number of nitrogens with zero attached hydrogens (tertiary/aromatic N) is 1. The van der Waals surface area contributed by atoms with Gasteiger partial charge in [0.1, 0.15) is 12.4 Å². The first-order valence-corrected chi connectivity index (χ1v) is 10.2. The summed E-state index contributed by atoms with van der Waals surface area (Å²) in [5.41, 5.74) is 3.87. The second-order valence-electron chi connectivity index (χ2n) is 6.71. The number of aryl methyl sites for hydroxylation is 1. The molecule has 5 nitrogen and oxygen atoms in total. The van der Waals surface area contributed by atoms with Gasteiger partial charge in [0.05, 0.1) is 22.9 Å². The van der Waals surface area contributed by atoms with Crippen LogP contribution in [0.3, 0.4) is 0 Å². The molecule has 0 spiro atoms. The lowest BCUT2D eigenvalue weighted by Gasteiger charge is -2.25. The van der Waals surface area contributed by atoms with Crippen LogP contribution in [0.4, 0.5) is 0 Å². The van der Waals surface area contributed by atoms with E-state index in [2.05, 4.69) is 15.6 Å². The Hall–Kier alpha value is -1.70. The van der Waals surface area contributed by atoms with E-state index in [1.807, 2.05) is 31.2 Å². The van der Waals surface area contributed by atoms with Crippen molar-refractivity contribution in [3.05, 3.63) is 45.9 Å². The number of benzene rings is 1. The summed E-state index contributed by atoms with van der Waals surface area (Å²) >= 11 is 7.93. The van der Waals surface area contributed by atoms with E-state index in [1.165, 1.54) is 0 Å². The molecule has 2 aromatic heterocycles. The fourth-order valence-electron chi connectivity index (χ4n) is 3.41. The zero-order chi connectivity index (χ0) is 18.8. The number of hydrogen-bond donors (Lipinski definition) is 3. The molecule has 0 bridgehead atoms. The normalized spacial score (nSPS) is 17.4. The molecule has 0 radical (unpaired) electrons.